The molecule has 0 aromatic carbocycles. The second-order valence-electron chi connectivity index (χ2n) is 3.33. The molecule has 4 heteroatoms. The average molecular weight is 191 g/mol. The Morgan fingerprint density at radius 3 is 2.58 bits per heavy atom. The summed E-state index contributed by atoms with van der Waals surface area (Å²) in [5, 5.41) is 12.0. The standard InChI is InChI=1S/C8H17NO2S/c1-8(2,11)6-7(10)9-4-5-12-3/h11H,4-6H2,1-3H3,(H,9,10). The van der Waals surface area contributed by atoms with E-state index in [1.54, 1.807) is 25.6 Å². The zero-order chi connectivity index (χ0) is 9.61. The molecular weight excluding hydrogens is 174 g/mol. The molecule has 0 saturated heterocycles. The van der Waals surface area contributed by atoms with Gasteiger partial charge in [0.05, 0.1) is 12.0 Å². The maximum atomic E-state index is 11.1. The summed E-state index contributed by atoms with van der Waals surface area (Å²) in [6.45, 7) is 3.93. The van der Waals surface area contributed by atoms with Gasteiger partial charge in [-0.15, -0.1) is 0 Å². The van der Waals surface area contributed by atoms with Crippen LogP contribution >= 0.6 is 11.8 Å². The maximum Gasteiger partial charge on any atom is 0.222 e. The van der Waals surface area contributed by atoms with Crippen LogP contribution in [0.2, 0.25) is 0 Å². The molecule has 3 nitrogen and oxygen atoms in total. The molecule has 0 rings (SSSR count). The van der Waals surface area contributed by atoms with Gasteiger partial charge in [0, 0.05) is 12.3 Å². The Morgan fingerprint density at radius 2 is 2.17 bits per heavy atom. The predicted octanol–water partition coefficient (Wildman–Crippen LogP) is 0.627. The molecule has 2 N–H and O–H groups in total. The Morgan fingerprint density at radius 1 is 1.58 bits per heavy atom. The number of amides is 1. The van der Waals surface area contributed by atoms with E-state index in [0.717, 1.165) is 5.75 Å². The molecule has 0 fully saturated rings. The molecule has 0 bridgehead atoms. The lowest BCUT2D eigenvalue weighted by atomic mass is 10.1. The fourth-order valence-corrected chi connectivity index (χ4v) is 1.05. The summed E-state index contributed by atoms with van der Waals surface area (Å²) in [7, 11) is 0. The number of rotatable bonds is 5. The molecule has 1 amide bonds. The third-order valence-electron chi connectivity index (χ3n) is 1.22. The molecule has 0 aromatic rings. The Labute approximate surface area is 77.9 Å². The van der Waals surface area contributed by atoms with Gasteiger partial charge in [-0.3, -0.25) is 4.79 Å². The summed E-state index contributed by atoms with van der Waals surface area (Å²) in [6.07, 6.45) is 2.16. The van der Waals surface area contributed by atoms with Crippen LogP contribution in [0, 0.1) is 0 Å². The van der Waals surface area contributed by atoms with E-state index in [0.29, 0.717) is 6.54 Å². The van der Waals surface area contributed by atoms with E-state index < -0.39 is 5.60 Å². The molecule has 12 heavy (non-hydrogen) atoms. The third kappa shape index (κ3) is 7.88. The van der Waals surface area contributed by atoms with Crippen LogP contribution in [-0.4, -0.2) is 35.2 Å². The van der Waals surface area contributed by atoms with Crippen molar-refractivity contribution in [3.05, 3.63) is 0 Å². The van der Waals surface area contributed by atoms with Gasteiger partial charge in [0.2, 0.25) is 5.91 Å². The van der Waals surface area contributed by atoms with Gasteiger partial charge in [0.1, 0.15) is 0 Å². The lowest BCUT2D eigenvalue weighted by Crippen LogP contribution is -2.33. The van der Waals surface area contributed by atoms with E-state index in [4.69, 9.17) is 0 Å². The highest BCUT2D eigenvalue weighted by atomic mass is 32.2. The first-order chi connectivity index (χ1) is 5.45. The van der Waals surface area contributed by atoms with Crippen LogP contribution in [-0.2, 0) is 4.79 Å². The van der Waals surface area contributed by atoms with Crippen molar-refractivity contribution >= 4 is 17.7 Å². The largest absolute Gasteiger partial charge is 0.390 e. The zero-order valence-electron chi connectivity index (χ0n) is 7.89. The van der Waals surface area contributed by atoms with Gasteiger partial charge in [-0.1, -0.05) is 0 Å². The second-order valence-corrected chi connectivity index (χ2v) is 4.32. The molecular formula is C8H17NO2S. The summed E-state index contributed by atoms with van der Waals surface area (Å²) < 4.78 is 0. The minimum Gasteiger partial charge on any atom is -0.390 e. The molecule has 0 saturated carbocycles. The minimum atomic E-state index is -0.899. The number of carbonyl (C=O) groups is 1. The van der Waals surface area contributed by atoms with E-state index in [2.05, 4.69) is 5.32 Å². The fraction of sp³-hybridized carbons (Fsp3) is 0.875. The zero-order valence-corrected chi connectivity index (χ0v) is 8.70. The molecule has 0 aliphatic heterocycles. The summed E-state index contributed by atoms with van der Waals surface area (Å²) in [5.74, 6) is 0.828. The normalized spacial score (nSPS) is 11.3. The quantitative estimate of drug-likeness (QED) is 0.627. The summed E-state index contributed by atoms with van der Waals surface area (Å²) >= 11 is 1.68. The van der Waals surface area contributed by atoms with Gasteiger partial charge >= 0.3 is 0 Å². The lowest BCUT2D eigenvalue weighted by molar-refractivity contribution is -0.124. The molecule has 0 radical (unpaired) electrons. The van der Waals surface area contributed by atoms with Gasteiger partial charge in [0.15, 0.2) is 0 Å². The third-order valence-corrected chi connectivity index (χ3v) is 1.83. The van der Waals surface area contributed by atoms with Crippen LogP contribution in [0.4, 0.5) is 0 Å². The van der Waals surface area contributed by atoms with E-state index in [9.17, 15) is 9.90 Å². The fourth-order valence-electron chi connectivity index (χ4n) is 0.748. The highest BCUT2D eigenvalue weighted by Crippen LogP contribution is 2.05. The molecule has 0 aliphatic rings. The Bertz CT molecular complexity index is 142. The number of hydrogen-bond donors (Lipinski definition) is 2. The molecule has 0 spiro atoms. The lowest BCUT2D eigenvalue weighted by Gasteiger charge is -2.15. The van der Waals surface area contributed by atoms with Crippen molar-refractivity contribution < 1.29 is 9.90 Å². The Kier molecular flexibility index (Phi) is 5.33. The SMILES string of the molecule is CSCCNC(=O)CC(C)(C)O. The van der Waals surface area contributed by atoms with Gasteiger partial charge < -0.3 is 10.4 Å². The van der Waals surface area contributed by atoms with Crippen LogP contribution < -0.4 is 5.32 Å². The van der Waals surface area contributed by atoms with E-state index in [1.165, 1.54) is 0 Å². The van der Waals surface area contributed by atoms with Crippen LogP contribution in [0.3, 0.4) is 0 Å². The van der Waals surface area contributed by atoms with E-state index in [-0.39, 0.29) is 12.3 Å². The van der Waals surface area contributed by atoms with Gasteiger partial charge in [-0.2, -0.15) is 11.8 Å². The van der Waals surface area contributed by atoms with Crippen LogP contribution in [0.5, 0.6) is 0 Å². The molecule has 0 aromatic heterocycles. The summed E-state index contributed by atoms with van der Waals surface area (Å²) in [5.41, 5.74) is -0.899. The van der Waals surface area contributed by atoms with Crippen molar-refractivity contribution in [1.29, 1.82) is 0 Å². The molecule has 0 aliphatic carbocycles. The highest BCUT2D eigenvalue weighted by Gasteiger charge is 2.16. The predicted molar refractivity (Wildman–Crippen MR) is 52.3 cm³/mol. The van der Waals surface area contributed by atoms with Gasteiger partial charge in [0.25, 0.3) is 0 Å². The first-order valence-corrected chi connectivity index (χ1v) is 5.33. The smallest absolute Gasteiger partial charge is 0.222 e. The van der Waals surface area contributed by atoms with Crippen molar-refractivity contribution in [3.63, 3.8) is 0 Å². The minimum absolute atomic E-state index is 0.0865. The van der Waals surface area contributed by atoms with Crippen molar-refractivity contribution in [1.82, 2.24) is 5.32 Å². The first kappa shape index (κ1) is 11.8. The van der Waals surface area contributed by atoms with Crippen molar-refractivity contribution in [2.45, 2.75) is 25.9 Å². The number of thioether (sulfide) groups is 1. The first-order valence-electron chi connectivity index (χ1n) is 3.94. The van der Waals surface area contributed by atoms with E-state index >= 15 is 0 Å². The Hall–Kier alpha value is -0.220. The van der Waals surface area contributed by atoms with Crippen LogP contribution in [0.25, 0.3) is 0 Å². The van der Waals surface area contributed by atoms with Gasteiger partial charge in [-0.25, -0.2) is 0 Å². The monoisotopic (exact) mass is 191 g/mol. The highest BCUT2D eigenvalue weighted by molar-refractivity contribution is 7.98. The van der Waals surface area contributed by atoms with Crippen LogP contribution in [0.1, 0.15) is 20.3 Å². The summed E-state index contributed by atoms with van der Waals surface area (Å²) in [6, 6.07) is 0. The number of hydrogen-bond acceptors (Lipinski definition) is 3. The van der Waals surface area contributed by atoms with Crippen LogP contribution in [0.15, 0.2) is 0 Å². The Balaban J connectivity index is 3.47. The molecule has 0 unspecified atom stereocenters. The average Bonchev–Trinajstić information content (AvgIpc) is 1.84. The molecule has 72 valence electrons. The van der Waals surface area contributed by atoms with Crippen molar-refractivity contribution in [2.75, 3.05) is 18.6 Å². The van der Waals surface area contributed by atoms with Crippen molar-refractivity contribution in [3.8, 4) is 0 Å². The maximum absolute atomic E-state index is 11.1. The van der Waals surface area contributed by atoms with Crippen molar-refractivity contribution in [2.24, 2.45) is 0 Å². The van der Waals surface area contributed by atoms with Gasteiger partial charge in [-0.05, 0) is 20.1 Å². The molecule has 0 atom stereocenters. The summed E-state index contributed by atoms with van der Waals surface area (Å²) in [4.78, 5) is 11.1. The number of nitrogens with one attached hydrogen (secondary N) is 1. The number of aliphatic hydroxyl groups is 1. The number of carbonyl (C=O) groups excluding carboxylic acids is 1. The topological polar surface area (TPSA) is 49.3 Å². The van der Waals surface area contributed by atoms with E-state index in [1.807, 2.05) is 6.26 Å². The second kappa shape index (κ2) is 5.43. The molecule has 0 heterocycles.